The molecule has 1 aliphatic heterocycles. The number of pyridine rings is 1. The summed E-state index contributed by atoms with van der Waals surface area (Å²) >= 11 is 0. The fourth-order valence-corrected chi connectivity index (χ4v) is 4.42. The van der Waals surface area contributed by atoms with Crippen molar-refractivity contribution in [1.29, 1.82) is 0 Å². The summed E-state index contributed by atoms with van der Waals surface area (Å²) in [5.74, 6) is 0. The van der Waals surface area contributed by atoms with E-state index >= 15 is 0 Å². The molecule has 1 fully saturated rings. The van der Waals surface area contributed by atoms with Gasteiger partial charge in [0.15, 0.2) is 0 Å². The van der Waals surface area contributed by atoms with Crippen LogP contribution in [0, 0.1) is 6.92 Å². The van der Waals surface area contributed by atoms with Gasteiger partial charge in [0.2, 0.25) is 0 Å². The monoisotopic (exact) mass is 382 g/mol. The predicted octanol–water partition coefficient (Wildman–Crippen LogP) is 5.34. The third kappa shape index (κ3) is 3.45. The molecule has 0 N–H and O–H groups in total. The second-order valence-corrected chi connectivity index (χ2v) is 8.16. The van der Waals surface area contributed by atoms with Crippen molar-refractivity contribution in [2.24, 2.45) is 0 Å². The Kier molecular flexibility index (Phi) is 4.64. The van der Waals surface area contributed by atoms with Crippen molar-refractivity contribution in [2.75, 3.05) is 20.1 Å². The van der Waals surface area contributed by atoms with E-state index in [9.17, 15) is 0 Å². The van der Waals surface area contributed by atoms with Crippen LogP contribution < -0.4 is 0 Å². The average molecular weight is 383 g/mol. The van der Waals surface area contributed by atoms with E-state index in [1.807, 2.05) is 18.6 Å². The lowest BCUT2D eigenvalue weighted by Gasteiger charge is -2.30. The predicted molar refractivity (Wildman–Crippen MR) is 119 cm³/mol. The number of piperidine rings is 1. The molecule has 0 unspecified atom stereocenters. The second-order valence-electron chi connectivity index (χ2n) is 8.16. The first-order chi connectivity index (χ1) is 14.2. The van der Waals surface area contributed by atoms with Crippen LogP contribution >= 0.6 is 0 Å². The number of rotatable bonds is 3. The molecule has 0 spiro atoms. The molecule has 0 bridgehead atoms. The van der Waals surface area contributed by atoms with Gasteiger partial charge < -0.3 is 9.47 Å². The molecule has 0 atom stereocenters. The van der Waals surface area contributed by atoms with Gasteiger partial charge in [0, 0.05) is 23.4 Å². The highest BCUT2D eigenvalue weighted by atomic mass is 15.1. The third-order valence-corrected chi connectivity index (χ3v) is 6.07. The van der Waals surface area contributed by atoms with Crippen LogP contribution in [0.3, 0.4) is 0 Å². The maximum atomic E-state index is 4.73. The van der Waals surface area contributed by atoms with Gasteiger partial charge in [-0.1, -0.05) is 35.9 Å². The zero-order chi connectivity index (χ0) is 19.8. The minimum atomic E-state index is 0.525. The van der Waals surface area contributed by atoms with E-state index in [2.05, 4.69) is 77.0 Å². The van der Waals surface area contributed by atoms with Crippen molar-refractivity contribution >= 4 is 11.0 Å². The highest BCUT2D eigenvalue weighted by Gasteiger charge is 2.20. The molecule has 3 heterocycles. The number of benzene rings is 2. The Bertz CT molecular complexity index is 1150. The lowest BCUT2D eigenvalue weighted by Crippen LogP contribution is -2.31. The molecule has 146 valence electrons. The van der Waals surface area contributed by atoms with E-state index < -0.39 is 0 Å². The summed E-state index contributed by atoms with van der Waals surface area (Å²) in [4.78, 5) is 11.8. The quantitative estimate of drug-likeness (QED) is 0.480. The number of fused-ring (bicyclic) bond motifs is 1. The third-order valence-electron chi connectivity index (χ3n) is 6.07. The second kappa shape index (κ2) is 7.45. The maximum absolute atomic E-state index is 4.73. The summed E-state index contributed by atoms with van der Waals surface area (Å²) in [6.07, 6.45) is 6.25. The Morgan fingerprint density at radius 2 is 1.76 bits per heavy atom. The van der Waals surface area contributed by atoms with E-state index in [4.69, 9.17) is 4.98 Å². The van der Waals surface area contributed by atoms with Crippen LogP contribution in [0.4, 0.5) is 0 Å². The van der Waals surface area contributed by atoms with Crippen LogP contribution in [0.1, 0.15) is 24.4 Å². The van der Waals surface area contributed by atoms with Crippen LogP contribution in [0.15, 0.2) is 67.1 Å². The Hall–Kier alpha value is -2.98. The topological polar surface area (TPSA) is 34.0 Å². The van der Waals surface area contributed by atoms with Crippen molar-refractivity contribution in [3.8, 4) is 22.4 Å². The summed E-state index contributed by atoms with van der Waals surface area (Å²) in [6, 6.07) is 19.9. The van der Waals surface area contributed by atoms with Gasteiger partial charge in [-0.2, -0.15) is 0 Å². The molecule has 4 heteroatoms. The maximum Gasteiger partial charge on any atom is 0.0960 e. The van der Waals surface area contributed by atoms with E-state index in [1.54, 1.807) is 0 Å². The molecule has 2 aromatic carbocycles. The molecule has 29 heavy (non-hydrogen) atoms. The van der Waals surface area contributed by atoms with Gasteiger partial charge in [-0.15, -0.1) is 0 Å². The zero-order valence-corrected chi connectivity index (χ0v) is 17.0. The Morgan fingerprint density at radius 3 is 2.59 bits per heavy atom. The van der Waals surface area contributed by atoms with Gasteiger partial charge in [0.25, 0.3) is 0 Å². The first kappa shape index (κ1) is 18.1. The minimum Gasteiger partial charge on any atom is -0.327 e. The Labute approximate surface area is 171 Å². The summed E-state index contributed by atoms with van der Waals surface area (Å²) in [5.41, 5.74) is 8.07. The molecule has 0 saturated carbocycles. The van der Waals surface area contributed by atoms with Crippen LogP contribution in [-0.2, 0) is 0 Å². The number of likely N-dealkylation sites (tertiary alicyclic amines) is 1. The van der Waals surface area contributed by atoms with Crippen molar-refractivity contribution in [1.82, 2.24) is 19.4 Å². The first-order valence-electron chi connectivity index (χ1n) is 10.4. The molecule has 0 amide bonds. The molecule has 0 aliphatic carbocycles. The lowest BCUT2D eigenvalue weighted by molar-refractivity contribution is 0.223. The highest BCUT2D eigenvalue weighted by Crippen LogP contribution is 2.33. The van der Waals surface area contributed by atoms with Gasteiger partial charge in [-0.25, -0.2) is 4.98 Å². The van der Waals surface area contributed by atoms with Crippen molar-refractivity contribution < 1.29 is 0 Å². The normalized spacial score (nSPS) is 15.8. The molecule has 5 rings (SSSR count). The van der Waals surface area contributed by atoms with E-state index in [0.29, 0.717) is 6.04 Å². The lowest BCUT2D eigenvalue weighted by atomic mass is 9.98. The number of nitrogens with zero attached hydrogens (tertiary/aromatic N) is 4. The van der Waals surface area contributed by atoms with Crippen LogP contribution in [0.5, 0.6) is 0 Å². The van der Waals surface area contributed by atoms with Crippen molar-refractivity contribution in [3.63, 3.8) is 0 Å². The number of aryl methyl sites for hydroxylation is 1. The van der Waals surface area contributed by atoms with Gasteiger partial charge in [-0.05, 0) is 69.7 Å². The number of hydrogen-bond donors (Lipinski definition) is 0. The summed E-state index contributed by atoms with van der Waals surface area (Å²) < 4.78 is 2.38. The molecular weight excluding hydrogens is 356 g/mol. The van der Waals surface area contributed by atoms with Gasteiger partial charge >= 0.3 is 0 Å². The molecule has 1 saturated heterocycles. The zero-order valence-electron chi connectivity index (χ0n) is 17.0. The smallest absolute Gasteiger partial charge is 0.0960 e. The van der Waals surface area contributed by atoms with Crippen molar-refractivity contribution in [2.45, 2.75) is 25.8 Å². The van der Waals surface area contributed by atoms with E-state index in [-0.39, 0.29) is 0 Å². The SMILES string of the molecule is Cc1cccc(-c2ncccc2-c2ccc3ncn(C4CCN(C)CC4)c3c2)c1. The Morgan fingerprint density at radius 1 is 0.897 bits per heavy atom. The van der Waals surface area contributed by atoms with E-state index in [1.165, 1.54) is 29.5 Å². The molecular formula is C25H26N4. The summed E-state index contributed by atoms with van der Waals surface area (Å²) in [6.45, 7) is 4.41. The molecule has 0 radical (unpaired) electrons. The number of imidazole rings is 1. The number of hydrogen-bond acceptors (Lipinski definition) is 3. The fraction of sp³-hybridized carbons (Fsp3) is 0.280. The first-order valence-corrected chi connectivity index (χ1v) is 10.4. The standard InChI is InChI=1S/C25H26N4/c1-18-5-3-6-20(15-18)25-22(7-4-12-26-25)19-8-9-23-24(16-19)29(17-27-23)21-10-13-28(2)14-11-21/h3-9,12,15-17,21H,10-11,13-14H2,1-2H3. The van der Waals surface area contributed by atoms with Gasteiger partial charge in [0.05, 0.1) is 23.1 Å². The minimum absolute atomic E-state index is 0.525. The molecule has 4 nitrogen and oxygen atoms in total. The highest BCUT2D eigenvalue weighted by molar-refractivity contribution is 5.87. The molecule has 1 aliphatic rings. The van der Waals surface area contributed by atoms with E-state index in [0.717, 1.165) is 35.4 Å². The molecule has 4 aromatic rings. The van der Waals surface area contributed by atoms with Crippen LogP contribution in [0.25, 0.3) is 33.4 Å². The fourth-order valence-electron chi connectivity index (χ4n) is 4.42. The van der Waals surface area contributed by atoms with Gasteiger partial charge in [-0.3, -0.25) is 4.98 Å². The largest absolute Gasteiger partial charge is 0.327 e. The summed E-state index contributed by atoms with van der Waals surface area (Å²) in [7, 11) is 2.20. The number of aromatic nitrogens is 3. The van der Waals surface area contributed by atoms with Crippen molar-refractivity contribution in [3.05, 3.63) is 72.7 Å². The summed E-state index contributed by atoms with van der Waals surface area (Å²) in [5, 5.41) is 0. The van der Waals surface area contributed by atoms with Gasteiger partial charge in [0.1, 0.15) is 0 Å². The molecule has 2 aromatic heterocycles. The average Bonchev–Trinajstić information content (AvgIpc) is 3.17. The Balaban J connectivity index is 1.59. The van der Waals surface area contributed by atoms with Crippen LogP contribution in [0.2, 0.25) is 0 Å². The van der Waals surface area contributed by atoms with Crippen LogP contribution in [-0.4, -0.2) is 39.6 Å².